The number of anilines is 1. The summed E-state index contributed by atoms with van der Waals surface area (Å²) >= 11 is 3.33. The second-order valence-corrected chi connectivity index (χ2v) is 4.99. The van der Waals surface area contributed by atoms with Crippen LogP contribution in [0.2, 0.25) is 0 Å². The number of imidazole rings is 1. The van der Waals surface area contributed by atoms with Crippen molar-refractivity contribution in [3.63, 3.8) is 0 Å². The van der Waals surface area contributed by atoms with Crippen molar-refractivity contribution in [3.8, 4) is 11.4 Å². The van der Waals surface area contributed by atoms with Crippen LogP contribution in [-0.2, 0) is 0 Å². The molecule has 0 bridgehead atoms. The highest BCUT2D eigenvalue weighted by Gasteiger charge is 2.14. The Bertz CT molecular complexity index is 783. The Labute approximate surface area is 115 Å². The van der Waals surface area contributed by atoms with Crippen molar-refractivity contribution in [1.82, 2.24) is 9.97 Å². The summed E-state index contributed by atoms with van der Waals surface area (Å²) in [6, 6.07) is 7.77. The van der Waals surface area contributed by atoms with E-state index < -0.39 is 11.6 Å². The van der Waals surface area contributed by atoms with E-state index in [4.69, 9.17) is 5.73 Å². The Kier molecular flexibility index (Phi) is 2.74. The SMILES string of the molecule is Nc1ccc(Br)cc1-c1nc2c(F)c(F)ccc2[nH]1. The lowest BCUT2D eigenvalue weighted by Gasteiger charge is -2.02. The first-order valence-electron chi connectivity index (χ1n) is 5.45. The first-order chi connectivity index (χ1) is 9.06. The first kappa shape index (κ1) is 12.1. The van der Waals surface area contributed by atoms with Gasteiger partial charge in [-0.1, -0.05) is 15.9 Å². The van der Waals surface area contributed by atoms with E-state index in [1.165, 1.54) is 6.07 Å². The highest BCUT2D eigenvalue weighted by Crippen LogP contribution is 2.29. The van der Waals surface area contributed by atoms with Crippen LogP contribution in [-0.4, -0.2) is 9.97 Å². The van der Waals surface area contributed by atoms with Crippen LogP contribution >= 0.6 is 15.9 Å². The van der Waals surface area contributed by atoms with Gasteiger partial charge in [-0.15, -0.1) is 0 Å². The second-order valence-electron chi connectivity index (χ2n) is 4.07. The van der Waals surface area contributed by atoms with Crippen LogP contribution in [0, 0.1) is 11.6 Å². The molecule has 0 unspecified atom stereocenters. The summed E-state index contributed by atoms with van der Waals surface area (Å²) in [7, 11) is 0. The van der Waals surface area contributed by atoms with Crippen molar-refractivity contribution < 1.29 is 8.78 Å². The third-order valence-corrected chi connectivity index (χ3v) is 3.31. The molecule has 19 heavy (non-hydrogen) atoms. The van der Waals surface area contributed by atoms with Gasteiger partial charge in [0.1, 0.15) is 11.3 Å². The highest BCUT2D eigenvalue weighted by atomic mass is 79.9. The zero-order valence-corrected chi connectivity index (χ0v) is 11.1. The van der Waals surface area contributed by atoms with Crippen LogP contribution < -0.4 is 5.73 Å². The van der Waals surface area contributed by atoms with Gasteiger partial charge in [-0.05, 0) is 30.3 Å². The minimum atomic E-state index is -0.964. The Morgan fingerprint density at radius 3 is 2.74 bits per heavy atom. The molecule has 0 saturated carbocycles. The third-order valence-electron chi connectivity index (χ3n) is 2.82. The number of benzene rings is 2. The lowest BCUT2D eigenvalue weighted by Crippen LogP contribution is -1.91. The minimum Gasteiger partial charge on any atom is -0.398 e. The van der Waals surface area contributed by atoms with Gasteiger partial charge in [0.2, 0.25) is 0 Å². The number of hydrogen-bond acceptors (Lipinski definition) is 2. The van der Waals surface area contributed by atoms with E-state index in [1.807, 2.05) is 0 Å². The maximum absolute atomic E-state index is 13.6. The summed E-state index contributed by atoms with van der Waals surface area (Å²) in [6.45, 7) is 0. The minimum absolute atomic E-state index is 0.0330. The average molecular weight is 324 g/mol. The number of aromatic amines is 1. The standard InChI is InChI=1S/C13H8BrF2N3/c14-6-1-3-9(17)7(5-6)13-18-10-4-2-8(15)11(16)12(10)19-13/h1-5H,17H2,(H,18,19). The van der Waals surface area contributed by atoms with E-state index >= 15 is 0 Å². The normalized spacial score (nSPS) is 11.1. The number of nitrogens with zero attached hydrogens (tertiary/aromatic N) is 1. The lowest BCUT2D eigenvalue weighted by atomic mass is 10.2. The van der Waals surface area contributed by atoms with Crippen LogP contribution in [0.5, 0.6) is 0 Å². The van der Waals surface area contributed by atoms with Gasteiger partial charge in [0.15, 0.2) is 11.6 Å². The molecular formula is C13H8BrF2N3. The molecule has 6 heteroatoms. The van der Waals surface area contributed by atoms with Crippen molar-refractivity contribution in [2.24, 2.45) is 0 Å². The number of rotatable bonds is 1. The molecule has 0 fully saturated rings. The van der Waals surface area contributed by atoms with Gasteiger partial charge in [-0.25, -0.2) is 13.8 Å². The Morgan fingerprint density at radius 2 is 1.95 bits per heavy atom. The number of nitrogen functional groups attached to an aromatic ring is 1. The van der Waals surface area contributed by atoms with Gasteiger partial charge in [-0.3, -0.25) is 0 Å². The Morgan fingerprint density at radius 1 is 1.16 bits per heavy atom. The molecule has 0 radical (unpaired) electrons. The van der Waals surface area contributed by atoms with Crippen molar-refractivity contribution in [3.05, 3.63) is 46.4 Å². The van der Waals surface area contributed by atoms with Gasteiger partial charge in [-0.2, -0.15) is 0 Å². The van der Waals surface area contributed by atoms with E-state index in [-0.39, 0.29) is 5.52 Å². The highest BCUT2D eigenvalue weighted by molar-refractivity contribution is 9.10. The van der Waals surface area contributed by atoms with Crippen molar-refractivity contribution >= 4 is 32.7 Å². The lowest BCUT2D eigenvalue weighted by molar-refractivity contribution is 0.515. The van der Waals surface area contributed by atoms with E-state index in [1.54, 1.807) is 18.2 Å². The van der Waals surface area contributed by atoms with Gasteiger partial charge in [0, 0.05) is 15.7 Å². The van der Waals surface area contributed by atoms with E-state index in [9.17, 15) is 8.78 Å². The maximum atomic E-state index is 13.6. The van der Waals surface area contributed by atoms with Gasteiger partial charge < -0.3 is 10.7 Å². The van der Waals surface area contributed by atoms with Crippen LogP contribution in [0.1, 0.15) is 0 Å². The molecule has 0 spiro atoms. The summed E-state index contributed by atoms with van der Waals surface area (Å²) in [5, 5.41) is 0. The molecule has 0 saturated heterocycles. The zero-order valence-electron chi connectivity index (χ0n) is 9.55. The fraction of sp³-hybridized carbons (Fsp3) is 0. The molecule has 1 aromatic heterocycles. The van der Waals surface area contributed by atoms with Crippen molar-refractivity contribution in [2.75, 3.05) is 5.73 Å². The van der Waals surface area contributed by atoms with Crippen molar-refractivity contribution in [2.45, 2.75) is 0 Å². The van der Waals surface area contributed by atoms with Crippen LogP contribution in [0.3, 0.4) is 0 Å². The smallest absolute Gasteiger partial charge is 0.186 e. The molecule has 3 aromatic rings. The summed E-state index contributed by atoms with van der Waals surface area (Å²) in [4.78, 5) is 7.00. The van der Waals surface area contributed by atoms with Crippen molar-refractivity contribution in [1.29, 1.82) is 0 Å². The molecule has 0 aliphatic carbocycles. The molecule has 0 atom stereocenters. The summed E-state index contributed by atoms with van der Waals surface area (Å²) in [5.41, 5.74) is 7.39. The summed E-state index contributed by atoms with van der Waals surface area (Å²) in [5.74, 6) is -1.49. The van der Waals surface area contributed by atoms with E-state index in [2.05, 4.69) is 25.9 Å². The first-order valence-corrected chi connectivity index (χ1v) is 6.24. The topological polar surface area (TPSA) is 54.7 Å². The van der Waals surface area contributed by atoms with Gasteiger partial charge in [0.05, 0.1) is 5.52 Å². The molecule has 0 aliphatic heterocycles. The Hall–Kier alpha value is -1.95. The number of nitrogens with one attached hydrogen (secondary N) is 1. The van der Waals surface area contributed by atoms with Crippen LogP contribution in [0.25, 0.3) is 22.4 Å². The average Bonchev–Trinajstić information content (AvgIpc) is 2.81. The molecule has 96 valence electrons. The number of halogens is 3. The zero-order chi connectivity index (χ0) is 13.6. The molecule has 3 N–H and O–H groups in total. The van der Waals surface area contributed by atoms with Crippen LogP contribution in [0.15, 0.2) is 34.8 Å². The number of fused-ring (bicyclic) bond motifs is 1. The molecular weight excluding hydrogens is 316 g/mol. The predicted octanol–water partition coefficient (Wildman–Crippen LogP) is 3.85. The predicted molar refractivity (Wildman–Crippen MR) is 73.6 cm³/mol. The third kappa shape index (κ3) is 1.98. The van der Waals surface area contributed by atoms with Crippen LogP contribution in [0.4, 0.5) is 14.5 Å². The number of H-pyrrole nitrogens is 1. The van der Waals surface area contributed by atoms with E-state index in [0.717, 1.165) is 10.5 Å². The summed E-state index contributed by atoms with van der Waals surface area (Å²) < 4.78 is 27.6. The quantitative estimate of drug-likeness (QED) is 0.668. The number of hydrogen-bond donors (Lipinski definition) is 2. The van der Waals surface area contributed by atoms with E-state index in [0.29, 0.717) is 22.6 Å². The molecule has 1 heterocycles. The molecule has 3 nitrogen and oxygen atoms in total. The van der Waals surface area contributed by atoms with Gasteiger partial charge in [0.25, 0.3) is 0 Å². The molecule has 2 aromatic carbocycles. The fourth-order valence-electron chi connectivity index (χ4n) is 1.88. The molecule has 0 amide bonds. The number of aromatic nitrogens is 2. The maximum Gasteiger partial charge on any atom is 0.186 e. The number of nitrogens with two attached hydrogens (primary N) is 1. The Balaban J connectivity index is 2.26. The van der Waals surface area contributed by atoms with Gasteiger partial charge >= 0.3 is 0 Å². The molecule has 0 aliphatic rings. The monoisotopic (exact) mass is 323 g/mol. The second kappa shape index (κ2) is 4.31. The summed E-state index contributed by atoms with van der Waals surface area (Å²) in [6.07, 6.45) is 0. The molecule has 3 rings (SSSR count). The fourth-order valence-corrected chi connectivity index (χ4v) is 2.24. The largest absolute Gasteiger partial charge is 0.398 e.